The largest absolute Gasteiger partial charge is 0.480 e. The van der Waals surface area contributed by atoms with E-state index in [2.05, 4.69) is 16.0 Å². The van der Waals surface area contributed by atoms with Crippen molar-refractivity contribution in [2.24, 2.45) is 5.73 Å². The van der Waals surface area contributed by atoms with Gasteiger partial charge < -0.3 is 26.8 Å². The SMILES string of the molecule is N[C@@H](CCCNC(=O)C1CNCCN1)C(=O)O. The molecule has 0 spiro atoms. The maximum absolute atomic E-state index is 11.6. The highest BCUT2D eigenvalue weighted by atomic mass is 16.4. The predicted octanol–water partition coefficient (Wildman–Crippen LogP) is -2.14. The van der Waals surface area contributed by atoms with Crippen LogP contribution in [0.3, 0.4) is 0 Å². The zero-order valence-corrected chi connectivity index (χ0v) is 9.74. The highest BCUT2D eigenvalue weighted by Crippen LogP contribution is 1.94. The van der Waals surface area contributed by atoms with Crippen molar-refractivity contribution in [2.75, 3.05) is 26.2 Å². The van der Waals surface area contributed by atoms with E-state index in [9.17, 15) is 9.59 Å². The Bertz CT molecular complexity index is 266. The van der Waals surface area contributed by atoms with Crippen molar-refractivity contribution in [3.8, 4) is 0 Å². The fourth-order valence-electron chi connectivity index (χ4n) is 1.62. The molecular weight excluding hydrogens is 224 g/mol. The summed E-state index contributed by atoms with van der Waals surface area (Å²) in [5, 5.41) is 17.5. The van der Waals surface area contributed by atoms with E-state index in [0.717, 1.165) is 13.1 Å². The van der Waals surface area contributed by atoms with Crippen molar-refractivity contribution in [1.82, 2.24) is 16.0 Å². The van der Waals surface area contributed by atoms with Crippen molar-refractivity contribution in [1.29, 1.82) is 0 Å². The fourth-order valence-corrected chi connectivity index (χ4v) is 1.62. The van der Waals surface area contributed by atoms with Gasteiger partial charge in [-0.25, -0.2) is 0 Å². The molecule has 0 saturated carbocycles. The topological polar surface area (TPSA) is 116 Å². The summed E-state index contributed by atoms with van der Waals surface area (Å²) in [7, 11) is 0. The summed E-state index contributed by atoms with van der Waals surface area (Å²) in [4.78, 5) is 22.1. The molecule has 98 valence electrons. The second-order valence-electron chi connectivity index (χ2n) is 4.09. The number of piperazine rings is 1. The van der Waals surface area contributed by atoms with Crippen LogP contribution in [0.25, 0.3) is 0 Å². The summed E-state index contributed by atoms with van der Waals surface area (Å²) >= 11 is 0. The van der Waals surface area contributed by atoms with E-state index in [4.69, 9.17) is 10.8 Å². The molecule has 1 unspecified atom stereocenters. The van der Waals surface area contributed by atoms with Gasteiger partial charge in [-0.1, -0.05) is 0 Å². The number of rotatable bonds is 6. The lowest BCUT2D eigenvalue weighted by Crippen LogP contribution is -2.55. The summed E-state index contributed by atoms with van der Waals surface area (Å²) in [6, 6.07) is -1.04. The molecule has 0 radical (unpaired) electrons. The number of hydrogen-bond acceptors (Lipinski definition) is 5. The lowest BCUT2D eigenvalue weighted by molar-refractivity contribution is -0.138. The van der Waals surface area contributed by atoms with Crippen LogP contribution in [0.2, 0.25) is 0 Å². The van der Waals surface area contributed by atoms with E-state index in [0.29, 0.717) is 25.9 Å². The molecule has 1 aliphatic rings. The number of nitrogens with one attached hydrogen (secondary N) is 3. The van der Waals surface area contributed by atoms with Gasteiger partial charge in [-0.15, -0.1) is 0 Å². The van der Waals surface area contributed by atoms with Gasteiger partial charge in [-0.2, -0.15) is 0 Å². The van der Waals surface area contributed by atoms with Crippen LogP contribution >= 0.6 is 0 Å². The van der Waals surface area contributed by atoms with Crippen LogP contribution in [-0.2, 0) is 9.59 Å². The van der Waals surface area contributed by atoms with Gasteiger partial charge in [0.05, 0.1) is 6.04 Å². The van der Waals surface area contributed by atoms with E-state index < -0.39 is 12.0 Å². The number of carbonyl (C=O) groups is 2. The van der Waals surface area contributed by atoms with Crippen LogP contribution in [0.1, 0.15) is 12.8 Å². The second kappa shape index (κ2) is 7.21. The standard InChI is InChI=1S/C10H20N4O3/c11-7(10(16)17)2-1-3-14-9(15)8-6-12-4-5-13-8/h7-8,12-13H,1-6,11H2,(H,14,15)(H,16,17)/t7-,8?/m0/s1. The normalized spacial score (nSPS) is 21.8. The Morgan fingerprint density at radius 1 is 1.47 bits per heavy atom. The first-order valence-electron chi connectivity index (χ1n) is 5.81. The number of amides is 1. The summed E-state index contributed by atoms with van der Waals surface area (Å²) < 4.78 is 0. The molecular formula is C10H20N4O3. The van der Waals surface area contributed by atoms with E-state index in [1.165, 1.54) is 0 Å². The first-order valence-corrected chi connectivity index (χ1v) is 5.81. The third kappa shape index (κ3) is 5.12. The molecule has 0 aromatic carbocycles. The monoisotopic (exact) mass is 244 g/mol. The molecule has 7 nitrogen and oxygen atoms in total. The third-order valence-corrected chi connectivity index (χ3v) is 2.67. The van der Waals surface area contributed by atoms with E-state index >= 15 is 0 Å². The predicted molar refractivity (Wildman–Crippen MR) is 62.5 cm³/mol. The van der Waals surface area contributed by atoms with E-state index in [-0.39, 0.29) is 11.9 Å². The van der Waals surface area contributed by atoms with Crippen molar-refractivity contribution >= 4 is 11.9 Å². The molecule has 1 saturated heterocycles. The molecule has 1 heterocycles. The lowest BCUT2D eigenvalue weighted by Gasteiger charge is -2.23. The molecule has 2 atom stereocenters. The van der Waals surface area contributed by atoms with Crippen LogP contribution < -0.4 is 21.7 Å². The summed E-state index contributed by atoms with van der Waals surface area (Å²) in [5.74, 6) is -1.06. The Morgan fingerprint density at radius 3 is 2.82 bits per heavy atom. The molecule has 0 aliphatic carbocycles. The quantitative estimate of drug-likeness (QED) is 0.340. The highest BCUT2D eigenvalue weighted by Gasteiger charge is 2.19. The molecule has 1 amide bonds. The van der Waals surface area contributed by atoms with Gasteiger partial charge in [-0.3, -0.25) is 9.59 Å². The van der Waals surface area contributed by atoms with Crippen molar-refractivity contribution in [2.45, 2.75) is 24.9 Å². The maximum atomic E-state index is 11.6. The minimum atomic E-state index is -1.01. The average molecular weight is 244 g/mol. The van der Waals surface area contributed by atoms with Crippen LogP contribution in [0.4, 0.5) is 0 Å². The third-order valence-electron chi connectivity index (χ3n) is 2.67. The molecule has 1 aliphatic heterocycles. The Hall–Kier alpha value is -1.18. The molecule has 1 fully saturated rings. The Balaban J connectivity index is 2.09. The number of carboxylic acid groups (broad SMARTS) is 1. The summed E-state index contributed by atoms with van der Waals surface area (Å²) in [5.41, 5.74) is 5.34. The van der Waals surface area contributed by atoms with E-state index in [1.54, 1.807) is 0 Å². The molecule has 0 aromatic heterocycles. The van der Waals surface area contributed by atoms with Crippen molar-refractivity contribution in [3.05, 3.63) is 0 Å². The van der Waals surface area contributed by atoms with Crippen molar-refractivity contribution in [3.63, 3.8) is 0 Å². The lowest BCUT2D eigenvalue weighted by atomic mass is 10.1. The smallest absolute Gasteiger partial charge is 0.320 e. The van der Waals surface area contributed by atoms with Crippen molar-refractivity contribution < 1.29 is 14.7 Å². The van der Waals surface area contributed by atoms with Crippen LogP contribution in [0.5, 0.6) is 0 Å². The highest BCUT2D eigenvalue weighted by molar-refractivity contribution is 5.82. The Kier molecular flexibility index (Phi) is 5.88. The number of carboxylic acids is 1. The molecule has 6 N–H and O–H groups in total. The van der Waals surface area contributed by atoms with Crippen LogP contribution in [0.15, 0.2) is 0 Å². The van der Waals surface area contributed by atoms with Gasteiger partial charge in [0.25, 0.3) is 0 Å². The number of carbonyl (C=O) groups excluding carboxylic acids is 1. The molecule has 1 rings (SSSR count). The zero-order chi connectivity index (χ0) is 12.7. The van der Waals surface area contributed by atoms with Crippen LogP contribution in [0, 0.1) is 0 Å². The number of hydrogen-bond donors (Lipinski definition) is 5. The summed E-state index contributed by atoms with van der Waals surface area (Å²) in [6.07, 6.45) is 0.936. The minimum Gasteiger partial charge on any atom is -0.480 e. The van der Waals surface area contributed by atoms with Gasteiger partial charge in [0.1, 0.15) is 6.04 Å². The van der Waals surface area contributed by atoms with Crippen LogP contribution in [-0.4, -0.2) is 55.2 Å². The Morgan fingerprint density at radius 2 is 2.24 bits per heavy atom. The molecule has 0 bridgehead atoms. The molecule has 7 heteroatoms. The molecule has 17 heavy (non-hydrogen) atoms. The maximum Gasteiger partial charge on any atom is 0.320 e. The fraction of sp³-hybridized carbons (Fsp3) is 0.800. The minimum absolute atomic E-state index is 0.0545. The number of aliphatic carboxylic acids is 1. The van der Waals surface area contributed by atoms with E-state index in [1.807, 2.05) is 0 Å². The summed E-state index contributed by atoms with van der Waals surface area (Å²) in [6.45, 7) is 2.73. The first kappa shape index (κ1) is 13.9. The van der Waals surface area contributed by atoms with Gasteiger partial charge >= 0.3 is 5.97 Å². The second-order valence-corrected chi connectivity index (χ2v) is 4.09. The van der Waals surface area contributed by atoms with Gasteiger partial charge in [0.15, 0.2) is 0 Å². The number of nitrogens with two attached hydrogens (primary N) is 1. The first-order chi connectivity index (χ1) is 8.11. The zero-order valence-electron chi connectivity index (χ0n) is 9.74. The van der Waals surface area contributed by atoms with Gasteiger partial charge in [0.2, 0.25) is 5.91 Å². The molecule has 0 aromatic rings. The Labute approximate surface area is 100 Å². The van der Waals surface area contributed by atoms with Gasteiger partial charge in [-0.05, 0) is 12.8 Å². The average Bonchev–Trinajstić information content (AvgIpc) is 2.35. The van der Waals surface area contributed by atoms with Gasteiger partial charge in [0, 0.05) is 26.2 Å².